The average molecular weight is 368 g/mol. The third kappa shape index (κ3) is 3.04. The van der Waals surface area contributed by atoms with Crippen molar-refractivity contribution in [1.29, 1.82) is 0 Å². The predicted octanol–water partition coefficient (Wildman–Crippen LogP) is 5.21. The molecule has 124 valence electrons. The minimum Gasteiger partial charge on any atom is -0.342 e. The number of aromatic nitrogens is 2. The summed E-state index contributed by atoms with van der Waals surface area (Å²) in [4.78, 5) is 16.9. The van der Waals surface area contributed by atoms with E-state index in [9.17, 15) is 4.79 Å². The van der Waals surface area contributed by atoms with Crippen molar-refractivity contribution in [2.45, 2.75) is 0 Å². The second kappa shape index (κ2) is 6.35. The van der Waals surface area contributed by atoms with E-state index in [1.165, 1.54) is 11.3 Å². The van der Waals surface area contributed by atoms with Crippen molar-refractivity contribution in [3.63, 3.8) is 0 Å². The molecule has 0 fully saturated rings. The van der Waals surface area contributed by atoms with Crippen molar-refractivity contribution in [2.24, 2.45) is 7.05 Å². The zero-order valence-corrected chi connectivity index (χ0v) is 14.9. The molecular weight excluding hydrogens is 354 g/mol. The monoisotopic (exact) mass is 367 g/mol. The highest BCUT2D eigenvalue weighted by Crippen LogP contribution is 2.29. The first-order valence-electron chi connectivity index (χ1n) is 7.69. The molecule has 0 spiro atoms. The Hall–Kier alpha value is -2.63. The highest BCUT2D eigenvalue weighted by molar-refractivity contribution is 7.13. The molecule has 0 aliphatic rings. The minimum absolute atomic E-state index is 0.247. The molecule has 25 heavy (non-hydrogen) atoms. The lowest BCUT2D eigenvalue weighted by atomic mass is 10.2. The molecule has 2 aromatic heterocycles. The van der Waals surface area contributed by atoms with Gasteiger partial charge in [0.15, 0.2) is 0 Å². The second-order valence-electron chi connectivity index (χ2n) is 5.65. The largest absolute Gasteiger partial charge is 0.342 e. The highest BCUT2D eigenvalue weighted by atomic mass is 35.5. The molecule has 2 heterocycles. The number of fused-ring (bicyclic) bond motifs is 1. The first-order valence-corrected chi connectivity index (χ1v) is 8.95. The van der Waals surface area contributed by atoms with Gasteiger partial charge in [0.25, 0.3) is 5.91 Å². The van der Waals surface area contributed by atoms with Crippen LogP contribution in [0.1, 0.15) is 10.5 Å². The van der Waals surface area contributed by atoms with Crippen molar-refractivity contribution in [3.8, 4) is 10.7 Å². The van der Waals surface area contributed by atoms with Crippen LogP contribution >= 0.6 is 22.9 Å². The summed E-state index contributed by atoms with van der Waals surface area (Å²) in [5, 5.41) is 7.13. The molecule has 0 saturated heterocycles. The van der Waals surface area contributed by atoms with Crippen LogP contribution in [-0.2, 0) is 7.05 Å². The van der Waals surface area contributed by atoms with Crippen LogP contribution < -0.4 is 5.32 Å². The second-order valence-corrected chi connectivity index (χ2v) is 6.94. The van der Waals surface area contributed by atoms with Crippen LogP contribution in [0, 0.1) is 0 Å². The molecular formula is C19H14ClN3OS. The molecule has 0 atom stereocenters. The maximum absolute atomic E-state index is 12.4. The summed E-state index contributed by atoms with van der Waals surface area (Å²) >= 11 is 7.40. The van der Waals surface area contributed by atoms with Gasteiger partial charge in [0.2, 0.25) is 0 Å². The number of anilines is 1. The van der Waals surface area contributed by atoms with Crippen molar-refractivity contribution >= 4 is 45.4 Å². The standard InChI is InChI=1S/C19H14ClN3OS/c1-23-16-8-3-2-5-12(16)9-17(23)19-22-15(11-25-19)18(24)21-14-7-4-6-13(20)10-14/h2-11H,1H3,(H,21,24). The molecule has 0 aliphatic heterocycles. The van der Waals surface area contributed by atoms with Gasteiger partial charge < -0.3 is 9.88 Å². The van der Waals surface area contributed by atoms with Gasteiger partial charge in [-0.05, 0) is 30.3 Å². The van der Waals surface area contributed by atoms with Crippen molar-refractivity contribution in [2.75, 3.05) is 5.32 Å². The van der Waals surface area contributed by atoms with Gasteiger partial charge in [-0.3, -0.25) is 4.79 Å². The number of amides is 1. The molecule has 6 heteroatoms. The van der Waals surface area contributed by atoms with Crippen LogP contribution in [0.2, 0.25) is 5.02 Å². The van der Waals surface area contributed by atoms with E-state index in [1.807, 2.05) is 19.2 Å². The lowest BCUT2D eigenvalue weighted by Gasteiger charge is -2.03. The third-order valence-electron chi connectivity index (χ3n) is 3.99. The number of nitrogens with one attached hydrogen (secondary N) is 1. The molecule has 1 amide bonds. The summed E-state index contributed by atoms with van der Waals surface area (Å²) in [6.45, 7) is 0. The maximum Gasteiger partial charge on any atom is 0.275 e. The smallest absolute Gasteiger partial charge is 0.275 e. The van der Waals surface area contributed by atoms with Gasteiger partial charge in [0.1, 0.15) is 10.7 Å². The Balaban J connectivity index is 1.63. The van der Waals surface area contributed by atoms with E-state index in [0.717, 1.165) is 21.6 Å². The molecule has 0 unspecified atom stereocenters. The molecule has 1 N–H and O–H groups in total. The van der Waals surface area contributed by atoms with Crippen LogP contribution in [0.3, 0.4) is 0 Å². The van der Waals surface area contributed by atoms with E-state index in [2.05, 4.69) is 33.1 Å². The number of carbonyl (C=O) groups excluding carboxylic acids is 1. The maximum atomic E-state index is 12.4. The first kappa shape index (κ1) is 15.9. The number of hydrogen-bond donors (Lipinski definition) is 1. The molecule has 2 aromatic carbocycles. The highest BCUT2D eigenvalue weighted by Gasteiger charge is 2.15. The Morgan fingerprint density at radius 1 is 1.16 bits per heavy atom. The Labute approximate surface area is 153 Å². The van der Waals surface area contributed by atoms with Crippen LogP contribution in [-0.4, -0.2) is 15.5 Å². The number of benzene rings is 2. The minimum atomic E-state index is -0.247. The quantitative estimate of drug-likeness (QED) is 0.540. The normalized spacial score (nSPS) is 11.0. The summed E-state index contributed by atoms with van der Waals surface area (Å²) in [6, 6.07) is 17.3. The van der Waals surface area contributed by atoms with E-state index < -0.39 is 0 Å². The Bertz CT molecular complexity index is 1080. The molecule has 4 nitrogen and oxygen atoms in total. The predicted molar refractivity (Wildman–Crippen MR) is 103 cm³/mol. The van der Waals surface area contributed by atoms with Gasteiger partial charge in [-0.2, -0.15) is 0 Å². The number of para-hydroxylation sites is 1. The van der Waals surface area contributed by atoms with E-state index in [0.29, 0.717) is 16.4 Å². The Kier molecular flexibility index (Phi) is 4.03. The molecule has 0 aliphatic carbocycles. The van der Waals surface area contributed by atoms with Gasteiger partial charge >= 0.3 is 0 Å². The average Bonchev–Trinajstić information content (AvgIpc) is 3.20. The van der Waals surface area contributed by atoms with Crippen molar-refractivity contribution < 1.29 is 4.79 Å². The summed E-state index contributed by atoms with van der Waals surface area (Å²) < 4.78 is 2.09. The van der Waals surface area contributed by atoms with Gasteiger partial charge in [-0.25, -0.2) is 4.98 Å². The van der Waals surface area contributed by atoms with Gasteiger partial charge in [-0.1, -0.05) is 35.9 Å². The number of rotatable bonds is 3. The molecule has 0 saturated carbocycles. The summed E-state index contributed by atoms with van der Waals surface area (Å²) in [5.41, 5.74) is 3.17. The summed E-state index contributed by atoms with van der Waals surface area (Å²) in [7, 11) is 2.00. The van der Waals surface area contributed by atoms with E-state index in [4.69, 9.17) is 11.6 Å². The number of aryl methyl sites for hydroxylation is 1. The lowest BCUT2D eigenvalue weighted by molar-refractivity contribution is 0.102. The number of hydrogen-bond acceptors (Lipinski definition) is 3. The summed E-state index contributed by atoms with van der Waals surface area (Å²) in [6.07, 6.45) is 0. The van der Waals surface area contributed by atoms with Crippen molar-refractivity contribution in [3.05, 3.63) is 70.7 Å². The molecule has 0 radical (unpaired) electrons. The molecule has 4 aromatic rings. The summed E-state index contributed by atoms with van der Waals surface area (Å²) in [5.74, 6) is -0.247. The van der Waals surface area contributed by atoms with Crippen LogP contribution in [0.4, 0.5) is 5.69 Å². The third-order valence-corrected chi connectivity index (χ3v) is 5.09. The van der Waals surface area contributed by atoms with E-state index >= 15 is 0 Å². The van der Waals surface area contributed by atoms with Gasteiger partial charge in [0, 0.05) is 34.0 Å². The van der Waals surface area contributed by atoms with Crippen LogP contribution in [0.25, 0.3) is 21.6 Å². The molecule has 4 rings (SSSR count). The van der Waals surface area contributed by atoms with E-state index in [1.54, 1.807) is 29.6 Å². The fourth-order valence-corrected chi connectivity index (χ4v) is 3.79. The van der Waals surface area contributed by atoms with Crippen LogP contribution in [0.5, 0.6) is 0 Å². The number of nitrogens with zero attached hydrogens (tertiary/aromatic N) is 2. The topological polar surface area (TPSA) is 46.9 Å². The first-order chi connectivity index (χ1) is 12.1. The van der Waals surface area contributed by atoms with Crippen molar-refractivity contribution in [1.82, 2.24) is 9.55 Å². The molecule has 0 bridgehead atoms. The number of thiazole rings is 1. The van der Waals surface area contributed by atoms with Gasteiger partial charge in [-0.15, -0.1) is 11.3 Å². The van der Waals surface area contributed by atoms with Crippen LogP contribution in [0.15, 0.2) is 60.0 Å². The number of carbonyl (C=O) groups is 1. The zero-order valence-electron chi connectivity index (χ0n) is 13.4. The fraction of sp³-hybridized carbons (Fsp3) is 0.0526. The number of halogens is 1. The lowest BCUT2D eigenvalue weighted by Crippen LogP contribution is -2.12. The van der Waals surface area contributed by atoms with E-state index in [-0.39, 0.29) is 5.91 Å². The Morgan fingerprint density at radius 2 is 2.00 bits per heavy atom. The zero-order chi connectivity index (χ0) is 17.4. The Morgan fingerprint density at radius 3 is 2.80 bits per heavy atom. The van der Waals surface area contributed by atoms with Gasteiger partial charge in [0.05, 0.1) is 5.69 Å². The fourth-order valence-electron chi connectivity index (χ4n) is 2.75. The SMILES string of the molecule is Cn1c(-c2nc(C(=O)Nc3cccc(Cl)c3)cs2)cc2ccccc21.